The van der Waals surface area contributed by atoms with Gasteiger partial charge in [0.2, 0.25) is 0 Å². The van der Waals surface area contributed by atoms with Crippen LogP contribution in [0.15, 0.2) is 78.5 Å². The van der Waals surface area contributed by atoms with Crippen LogP contribution in [0.2, 0.25) is 0 Å². The average molecular weight is 397 g/mol. The van der Waals surface area contributed by atoms with Crippen LogP contribution >= 0.6 is 0 Å². The van der Waals surface area contributed by atoms with Gasteiger partial charge in [-0.25, -0.2) is 0 Å². The quantitative estimate of drug-likeness (QED) is 0.403. The Balaban J connectivity index is 1.66. The van der Waals surface area contributed by atoms with Gasteiger partial charge in [0.1, 0.15) is 23.1 Å². The van der Waals surface area contributed by atoms with Crippen LogP contribution in [0.4, 0.5) is 11.4 Å². The summed E-state index contributed by atoms with van der Waals surface area (Å²) in [5.41, 5.74) is 4.72. The van der Waals surface area contributed by atoms with E-state index in [0.29, 0.717) is 11.4 Å². The van der Waals surface area contributed by atoms with E-state index in [1.807, 2.05) is 69.3 Å². The SMILES string of the molecule is Cc1cc(C)c(N/C=C(/C#N)C(=O)Nc2ccc(Oc3ccccc3)cc2)c(C)c1. The zero-order chi connectivity index (χ0) is 21.5. The number of carbonyl (C=O) groups excluding carboxylic acids is 1. The van der Waals surface area contributed by atoms with E-state index in [1.165, 1.54) is 6.20 Å². The standard InChI is InChI=1S/C25H23N3O2/c1-17-13-18(2)24(19(3)14-17)27-16-20(15-26)25(29)28-21-9-11-23(12-10-21)30-22-7-5-4-6-8-22/h4-14,16,27H,1-3H3,(H,28,29)/b20-16-. The summed E-state index contributed by atoms with van der Waals surface area (Å²) in [5.74, 6) is 0.906. The summed E-state index contributed by atoms with van der Waals surface area (Å²) in [4.78, 5) is 12.5. The topological polar surface area (TPSA) is 74.2 Å². The average Bonchev–Trinajstić information content (AvgIpc) is 2.72. The minimum Gasteiger partial charge on any atom is -0.457 e. The third-order valence-electron chi connectivity index (χ3n) is 4.49. The number of para-hydroxylation sites is 1. The Morgan fingerprint density at radius 3 is 2.13 bits per heavy atom. The lowest BCUT2D eigenvalue weighted by Gasteiger charge is -2.11. The van der Waals surface area contributed by atoms with Gasteiger partial charge in [-0.2, -0.15) is 5.26 Å². The Morgan fingerprint density at radius 1 is 0.933 bits per heavy atom. The second kappa shape index (κ2) is 9.44. The lowest BCUT2D eigenvalue weighted by Crippen LogP contribution is -2.14. The Bertz CT molecular complexity index is 1090. The zero-order valence-corrected chi connectivity index (χ0v) is 17.2. The molecule has 3 rings (SSSR count). The van der Waals surface area contributed by atoms with Crippen molar-refractivity contribution in [3.05, 3.63) is 95.2 Å². The molecular weight excluding hydrogens is 374 g/mol. The van der Waals surface area contributed by atoms with Crippen LogP contribution in [0.5, 0.6) is 11.5 Å². The molecule has 0 saturated carbocycles. The van der Waals surface area contributed by atoms with Crippen molar-refractivity contribution < 1.29 is 9.53 Å². The van der Waals surface area contributed by atoms with Crippen LogP contribution < -0.4 is 15.4 Å². The van der Waals surface area contributed by atoms with E-state index in [2.05, 4.69) is 10.6 Å². The normalized spacial score (nSPS) is 10.8. The maximum absolute atomic E-state index is 12.5. The second-order valence-corrected chi connectivity index (χ2v) is 6.98. The van der Waals surface area contributed by atoms with Gasteiger partial charge < -0.3 is 15.4 Å². The summed E-state index contributed by atoms with van der Waals surface area (Å²) in [5, 5.41) is 15.2. The molecule has 0 saturated heterocycles. The van der Waals surface area contributed by atoms with Gasteiger partial charge >= 0.3 is 0 Å². The minimum atomic E-state index is -0.482. The first-order chi connectivity index (χ1) is 14.5. The fourth-order valence-electron chi connectivity index (χ4n) is 3.13. The number of aryl methyl sites for hydroxylation is 3. The van der Waals surface area contributed by atoms with Gasteiger partial charge in [-0.15, -0.1) is 0 Å². The molecule has 2 N–H and O–H groups in total. The number of hydrogen-bond donors (Lipinski definition) is 2. The van der Waals surface area contributed by atoms with Crippen molar-refractivity contribution >= 4 is 17.3 Å². The number of benzene rings is 3. The number of nitrogens with one attached hydrogen (secondary N) is 2. The molecule has 5 heteroatoms. The van der Waals surface area contributed by atoms with Crippen molar-refractivity contribution in [3.63, 3.8) is 0 Å². The van der Waals surface area contributed by atoms with Crippen LogP contribution in [0.3, 0.4) is 0 Å². The molecule has 0 heterocycles. The number of hydrogen-bond acceptors (Lipinski definition) is 4. The van der Waals surface area contributed by atoms with Gasteiger partial charge in [0.25, 0.3) is 5.91 Å². The molecule has 0 unspecified atom stereocenters. The van der Waals surface area contributed by atoms with E-state index in [1.54, 1.807) is 24.3 Å². The molecule has 3 aromatic rings. The van der Waals surface area contributed by atoms with E-state index in [0.717, 1.165) is 28.1 Å². The van der Waals surface area contributed by atoms with E-state index >= 15 is 0 Å². The Hall–Kier alpha value is -4.04. The largest absolute Gasteiger partial charge is 0.457 e. The molecule has 0 bridgehead atoms. The summed E-state index contributed by atoms with van der Waals surface area (Å²) in [7, 11) is 0. The highest BCUT2D eigenvalue weighted by Crippen LogP contribution is 2.24. The molecule has 0 radical (unpaired) electrons. The molecule has 0 aromatic heterocycles. The monoisotopic (exact) mass is 397 g/mol. The van der Waals surface area contributed by atoms with Crippen LogP contribution in [-0.2, 0) is 4.79 Å². The maximum atomic E-state index is 12.5. The lowest BCUT2D eigenvalue weighted by molar-refractivity contribution is -0.112. The molecule has 0 aliphatic carbocycles. The molecule has 30 heavy (non-hydrogen) atoms. The fraction of sp³-hybridized carbons (Fsp3) is 0.120. The van der Waals surface area contributed by atoms with Crippen molar-refractivity contribution in [1.29, 1.82) is 5.26 Å². The van der Waals surface area contributed by atoms with Crippen LogP contribution in [0.1, 0.15) is 16.7 Å². The van der Waals surface area contributed by atoms with E-state index in [-0.39, 0.29) is 5.57 Å². The first-order valence-corrected chi connectivity index (χ1v) is 9.55. The van der Waals surface area contributed by atoms with Gasteiger partial charge in [0.15, 0.2) is 0 Å². The number of ether oxygens (including phenoxy) is 1. The van der Waals surface area contributed by atoms with Gasteiger partial charge in [-0.05, 0) is 68.3 Å². The van der Waals surface area contributed by atoms with E-state index < -0.39 is 5.91 Å². The van der Waals surface area contributed by atoms with E-state index in [4.69, 9.17) is 4.74 Å². The Morgan fingerprint density at radius 2 is 1.53 bits per heavy atom. The van der Waals surface area contributed by atoms with Crippen molar-refractivity contribution in [3.8, 4) is 17.6 Å². The van der Waals surface area contributed by atoms with Gasteiger partial charge in [-0.1, -0.05) is 35.9 Å². The smallest absolute Gasteiger partial charge is 0.267 e. The predicted octanol–water partition coefficient (Wildman–Crippen LogP) is 5.86. The highest BCUT2D eigenvalue weighted by molar-refractivity contribution is 6.06. The summed E-state index contributed by atoms with van der Waals surface area (Å²) in [6.07, 6.45) is 1.44. The Kier molecular flexibility index (Phi) is 6.51. The molecule has 0 aliphatic heterocycles. The minimum absolute atomic E-state index is 0.0148. The predicted molar refractivity (Wildman–Crippen MR) is 120 cm³/mol. The van der Waals surface area contributed by atoms with Crippen molar-refractivity contribution in [2.45, 2.75) is 20.8 Å². The maximum Gasteiger partial charge on any atom is 0.267 e. The molecule has 0 fully saturated rings. The van der Waals surface area contributed by atoms with Crippen LogP contribution in [0, 0.1) is 32.1 Å². The number of rotatable bonds is 6. The molecule has 1 amide bonds. The number of amides is 1. The number of anilines is 2. The molecule has 5 nitrogen and oxygen atoms in total. The highest BCUT2D eigenvalue weighted by Gasteiger charge is 2.10. The van der Waals surface area contributed by atoms with Crippen LogP contribution in [0.25, 0.3) is 0 Å². The van der Waals surface area contributed by atoms with Crippen molar-refractivity contribution in [2.24, 2.45) is 0 Å². The molecule has 0 atom stereocenters. The molecule has 150 valence electrons. The third kappa shape index (κ3) is 5.27. The number of nitrogens with zero attached hydrogens (tertiary/aromatic N) is 1. The highest BCUT2D eigenvalue weighted by atomic mass is 16.5. The zero-order valence-electron chi connectivity index (χ0n) is 17.2. The summed E-state index contributed by atoms with van der Waals surface area (Å²) < 4.78 is 5.74. The molecular formula is C25H23N3O2. The fourth-order valence-corrected chi connectivity index (χ4v) is 3.13. The Labute approximate surface area is 176 Å². The lowest BCUT2D eigenvalue weighted by atomic mass is 10.1. The molecule has 0 spiro atoms. The molecule has 3 aromatic carbocycles. The summed E-state index contributed by atoms with van der Waals surface area (Å²) in [6.45, 7) is 6.01. The van der Waals surface area contributed by atoms with Crippen molar-refractivity contribution in [1.82, 2.24) is 0 Å². The van der Waals surface area contributed by atoms with Crippen LogP contribution in [-0.4, -0.2) is 5.91 Å². The second-order valence-electron chi connectivity index (χ2n) is 6.98. The van der Waals surface area contributed by atoms with Gasteiger partial charge in [0.05, 0.1) is 0 Å². The molecule has 0 aliphatic rings. The first kappa shape index (κ1) is 20.7. The third-order valence-corrected chi connectivity index (χ3v) is 4.49. The van der Waals surface area contributed by atoms with E-state index in [9.17, 15) is 10.1 Å². The van der Waals surface area contributed by atoms with Gasteiger partial charge in [0, 0.05) is 17.6 Å². The number of nitriles is 1. The van der Waals surface area contributed by atoms with Crippen molar-refractivity contribution in [2.75, 3.05) is 10.6 Å². The summed E-state index contributed by atoms with van der Waals surface area (Å²) >= 11 is 0. The van der Waals surface area contributed by atoms with Gasteiger partial charge in [-0.3, -0.25) is 4.79 Å². The first-order valence-electron chi connectivity index (χ1n) is 9.55. The summed E-state index contributed by atoms with van der Waals surface area (Å²) in [6, 6.07) is 22.5. The number of carbonyl (C=O) groups is 1.